The second-order valence-electron chi connectivity index (χ2n) is 4.05. The molecule has 0 aliphatic heterocycles. The van der Waals surface area contributed by atoms with Gasteiger partial charge in [0, 0.05) is 5.02 Å². The van der Waals surface area contributed by atoms with E-state index in [9.17, 15) is 8.42 Å². The highest BCUT2D eigenvalue weighted by atomic mass is 35.5. The minimum atomic E-state index is -3.74. The average Bonchev–Trinajstić information content (AvgIpc) is 2.73. The van der Waals surface area contributed by atoms with Crippen LogP contribution in [0.4, 0.5) is 5.69 Å². The van der Waals surface area contributed by atoms with Crippen molar-refractivity contribution in [3.63, 3.8) is 0 Å². The summed E-state index contributed by atoms with van der Waals surface area (Å²) in [6.45, 7) is 3.40. The Labute approximate surface area is 121 Å². The Morgan fingerprint density at radius 2 is 1.89 bits per heavy atom. The van der Waals surface area contributed by atoms with Crippen LogP contribution in [0.1, 0.15) is 11.3 Å². The largest absolute Gasteiger partial charge is 0.281 e. The zero-order valence-electron chi connectivity index (χ0n) is 10.2. The van der Waals surface area contributed by atoms with Gasteiger partial charge in [-0.2, -0.15) is 5.10 Å². The molecule has 8 heteroatoms. The molecule has 0 radical (unpaired) electrons. The first kappa shape index (κ1) is 14.2. The molecule has 0 atom stereocenters. The van der Waals surface area contributed by atoms with Gasteiger partial charge in [-0.05, 0) is 31.5 Å². The summed E-state index contributed by atoms with van der Waals surface area (Å²) in [7, 11) is -3.74. The molecule has 0 amide bonds. The number of aromatic nitrogens is 2. The Bertz CT molecular complexity index is 726. The van der Waals surface area contributed by atoms with Gasteiger partial charge < -0.3 is 0 Å². The van der Waals surface area contributed by atoms with Gasteiger partial charge in [0.25, 0.3) is 10.0 Å². The summed E-state index contributed by atoms with van der Waals surface area (Å²) >= 11 is 12.0. The molecular formula is C11H11Cl2N3O2S. The number of nitrogens with one attached hydrogen (secondary N) is 2. The molecule has 0 bridgehead atoms. The van der Waals surface area contributed by atoms with Gasteiger partial charge in [0.15, 0.2) is 0 Å². The molecule has 1 aromatic heterocycles. The quantitative estimate of drug-likeness (QED) is 0.912. The van der Waals surface area contributed by atoms with Crippen molar-refractivity contribution >= 4 is 38.9 Å². The van der Waals surface area contributed by atoms with Crippen LogP contribution in [0.2, 0.25) is 10.0 Å². The van der Waals surface area contributed by atoms with E-state index in [1.807, 2.05) is 0 Å². The van der Waals surface area contributed by atoms with Crippen molar-refractivity contribution in [1.29, 1.82) is 0 Å². The van der Waals surface area contributed by atoms with Gasteiger partial charge in [-0.25, -0.2) is 8.42 Å². The number of H-pyrrole nitrogens is 1. The fourth-order valence-corrected chi connectivity index (χ4v) is 3.23. The van der Waals surface area contributed by atoms with E-state index in [0.717, 1.165) is 5.56 Å². The third-order valence-corrected chi connectivity index (χ3v) is 4.76. The fraction of sp³-hybridized carbons (Fsp3) is 0.182. The predicted octanol–water partition coefficient (Wildman–Crippen LogP) is 3.13. The van der Waals surface area contributed by atoms with E-state index < -0.39 is 10.0 Å². The smallest absolute Gasteiger partial charge is 0.265 e. The summed E-state index contributed by atoms with van der Waals surface area (Å²) in [6, 6.07) is 3.08. The minimum Gasteiger partial charge on any atom is -0.281 e. The number of sulfonamides is 1. The van der Waals surface area contributed by atoms with Crippen LogP contribution in [0.25, 0.3) is 0 Å². The van der Waals surface area contributed by atoms with Crippen LogP contribution in [0.15, 0.2) is 23.2 Å². The Morgan fingerprint density at radius 1 is 1.21 bits per heavy atom. The number of rotatable bonds is 3. The number of anilines is 1. The summed E-state index contributed by atoms with van der Waals surface area (Å²) in [5.74, 6) is 0. The number of aromatic amines is 1. The normalized spacial score (nSPS) is 11.6. The van der Waals surface area contributed by atoms with E-state index in [-0.39, 0.29) is 15.6 Å². The van der Waals surface area contributed by atoms with Gasteiger partial charge >= 0.3 is 0 Å². The second kappa shape index (κ2) is 5.03. The number of aryl methyl sites for hydroxylation is 2. The van der Waals surface area contributed by atoms with Crippen LogP contribution in [0.5, 0.6) is 0 Å². The van der Waals surface area contributed by atoms with Gasteiger partial charge in [-0.3, -0.25) is 9.82 Å². The maximum absolute atomic E-state index is 12.2. The average molecular weight is 320 g/mol. The van der Waals surface area contributed by atoms with Gasteiger partial charge in [0.05, 0.1) is 22.6 Å². The predicted molar refractivity (Wildman–Crippen MR) is 75.3 cm³/mol. The summed E-state index contributed by atoms with van der Waals surface area (Å²) in [6.07, 6.45) is 1.24. The Morgan fingerprint density at radius 3 is 2.47 bits per heavy atom. The summed E-state index contributed by atoms with van der Waals surface area (Å²) in [5.41, 5.74) is 1.45. The molecular weight excluding hydrogens is 309 g/mol. The molecule has 0 saturated carbocycles. The van der Waals surface area contributed by atoms with Crippen molar-refractivity contribution in [2.24, 2.45) is 0 Å². The molecule has 5 nitrogen and oxygen atoms in total. The summed E-state index contributed by atoms with van der Waals surface area (Å²) in [4.78, 5) is 0.0697. The van der Waals surface area contributed by atoms with Crippen LogP contribution in [-0.4, -0.2) is 18.6 Å². The second-order valence-corrected chi connectivity index (χ2v) is 6.51. The van der Waals surface area contributed by atoms with Gasteiger partial charge in [0.2, 0.25) is 0 Å². The molecule has 2 aromatic rings. The lowest BCUT2D eigenvalue weighted by Crippen LogP contribution is -2.13. The van der Waals surface area contributed by atoms with E-state index in [4.69, 9.17) is 23.2 Å². The summed E-state index contributed by atoms with van der Waals surface area (Å²) in [5, 5.41) is 6.97. The molecule has 0 saturated heterocycles. The van der Waals surface area contributed by atoms with E-state index in [1.54, 1.807) is 19.9 Å². The van der Waals surface area contributed by atoms with E-state index >= 15 is 0 Å². The Kier molecular flexibility index (Phi) is 3.75. The number of benzene rings is 1. The van der Waals surface area contributed by atoms with Gasteiger partial charge in [-0.1, -0.05) is 23.2 Å². The SMILES string of the molecule is Cc1cc(Cl)c(NS(=O)(=O)c2cn[nH]c2C)cc1Cl. The molecule has 1 heterocycles. The first-order valence-corrected chi connectivity index (χ1v) is 7.53. The van der Waals surface area contributed by atoms with Crippen molar-refractivity contribution in [3.8, 4) is 0 Å². The molecule has 19 heavy (non-hydrogen) atoms. The lowest BCUT2D eigenvalue weighted by atomic mass is 10.2. The molecule has 0 aliphatic rings. The first-order valence-electron chi connectivity index (χ1n) is 5.29. The third-order valence-electron chi connectivity index (χ3n) is 2.57. The van der Waals surface area contributed by atoms with Crippen LogP contribution in [0.3, 0.4) is 0 Å². The molecule has 2 rings (SSSR count). The number of nitrogens with zero attached hydrogens (tertiary/aromatic N) is 1. The Hall–Kier alpha value is -1.24. The molecule has 0 spiro atoms. The maximum atomic E-state index is 12.2. The molecule has 0 fully saturated rings. The molecule has 0 unspecified atom stereocenters. The molecule has 0 aliphatic carbocycles. The number of halogens is 2. The molecule has 1 aromatic carbocycles. The monoisotopic (exact) mass is 319 g/mol. The van der Waals surface area contributed by atoms with Crippen molar-refractivity contribution in [2.75, 3.05) is 4.72 Å². The highest BCUT2D eigenvalue weighted by Gasteiger charge is 2.20. The number of hydrogen-bond donors (Lipinski definition) is 2. The van der Waals surface area contributed by atoms with Gasteiger partial charge in [-0.15, -0.1) is 0 Å². The van der Waals surface area contributed by atoms with Crippen LogP contribution in [0, 0.1) is 13.8 Å². The zero-order valence-corrected chi connectivity index (χ0v) is 12.5. The Balaban J connectivity index is 2.42. The minimum absolute atomic E-state index is 0.0697. The van der Waals surface area contributed by atoms with Crippen LogP contribution >= 0.6 is 23.2 Å². The van der Waals surface area contributed by atoms with Crippen LogP contribution in [-0.2, 0) is 10.0 Å². The lowest BCUT2D eigenvalue weighted by molar-refractivity contribution is 0.600. The third kappa shape index (κ3) is 2.86. The van der Waals surface area contributed by atoms with E-state index in [1.165, 1.54) is 12.3 Å². The standard InChI is InChI=1S/C11H11Cl2N3O2S/c1-6-3-9(13)10(4-8(6)12)16-19(17,18)11-5-14-15-7(11)2/h3-5,16H,1-2H3,(H,14,15). The maximum Gasteiger partial charge on any atom is 0.265 e. The highest BCUT2D eigenvalue weighted by molar-refractivity contribution is 7.92. The van der Waals surface area contributed by atoms with Crippen molar-refractivity contribution in [3.05, 3.63) is 39.6 Å². The van der Waals surface area contributed by atoms with Crippen molar-refractivity contribution in [1.82, 2.24) is 10.2 Å². The van der Waals surface area contributed by atoms with E-state index in [2.05, 4.69) is 14.9 Å². The molecule has 2 N–H and O–H groups in total. The van der Waals surface area contributed by atoms with Gasteiger partial charge in [0.1, 0.15) is 4.90 Å². The number of hydrogen-bond acceptors (Lipinski definition) is 3. The zero-order chi connectivity index (χ0) is 14.2. The summed E-state index contributed by atoms with van der Waals surface area (Å²) < 4.78 is 26.7. The van der Waals surface area contributed by atoms with Crippen LogP contribution < -0.4 is 4.72 Å². The lowest BCUT2D eigenvalue weighted by Gasteiger charge is -2.10. The topological polar surface area (TPSA) is 74.8 Å². The van der Waals surface area contributed by atoms with E-state index in [0.29, 0.717) is 10.7 Å². The highest BCUT2D eigenvalue weighted by Crippen LogP contribution is 2.30. The molecule has 102 valence electrons. The van der Waals surface area contributed by atoms with Crippen molar-refractivity contribution < 1.29 is 8.42 Å². The first-order chi connectivity index (χ1) is 8.81. The van der Waals surface area contributed by atoms with Crippen molar-refractivity contribution in [2.45, 2.75) is 18.7 Å². The fourth-order valence-electron chi connectivity index (χ4n) is 1.53.